The van der Waals surface area contributed by atoms with Gasteiger partial charge in [-0.2, -0.15) is 4.39 Å². The summed E-state index contributed by atoms with van der Waals surface area (Å²) in [6.45, 7) is 1.09. The molecule has 0 bridgehead atoms. The van der Waals surface area contributed by atoms with Crippen molar-refractivity contribution in [1.29, 1.82) is 0 Å². The summed E-state index contributed by atoms with van der Waals surface area (Å²) in [5.41, 5.74) is -1.52. The number of hydrogen-bond acceptors (Lipinski definition) is 3. The van der Waals surface area contributed by atoms with E-state index in [1.807, 2.05) is 0 Å². The first-order chi connectivity index (χ1) is 7.34. The molecule has 0 fully saturated rings. The third kappa shape index (κ3) is 2.32. The minimum atomic E-state index is -1.61. The molecule has 5 nitrogen and oxygen atoms in total. The van der Waals surface area contributed by atoms with Gasteiger partial charge in [-0.05, 0) is 22.0 Å². The number of benzene rings is 1. The predicted octanol–water partition coefficient (Wildman–Crippen LogP) is 2.59. The Labute approximate surface area is 96.7 Å². The summed E-state index contributed by atoms with van der Waals surface area (Å²) >= 11 is 2.80. The first kappa shape index (κ1) is 12.5. The number of anilines is 1. The van der Waals surface area contributed by atoms with E-state index in [9.17, 15) is 23.7 Å². The van der Waals surface area contributed by atoms with Crippen LogP contribution in [0, 0.1) is 21.7 Å². The van der Waals surface area contributed by atoms with Crippen LogP contribution in [0.1, 0.15) is 6.92 Å². The Balaban J connectivity index is 3.50. The molecule has 1 aromatic carbocycles. The van der Waals surface area contributed by atoms with Crippen LogP contribution in [0.4, 0.5) is 20.2 Å². The average Bonchev–Trinajstić information content (AvgIpc) is 2.13. The molecule has 0 heterocycles. The standard InChI is InChI=1S/C8H5BrF2N2O3/c1-3(14)12-7-4(9)2-5(10)6(11)8(7)13(15)16/h2H,1H3,(H,12,14). The third-order valence-electron chi connectivity index (χ3n) is 1.63. The highest BCUT2D eigenvalue weighted by Gasteiger charge is 2.27. The molecule has 0 radical (unpaired) electrons. The molecule has 8 heteroatoms. The highest BCUT2D eigenvalue weighted by atomic mass is 79.9. The lowest BCUT2D eigenvalue weighted by Gasteiger charge is -2.07. The number of nitro groups is 1. The molecule has 0 saturated heterocycles. The Bertz CT molecular complexity index is 479. The zero-order valence-electron chi connectivity index (χ0n) is 7.88. The number of nitrogens with zero attached hydrogens (tertiary/aromatic N) is 1. The number of rotatable bonds is 2. The second-order valence-corrected chi connectivity index (χ2v) is 3.67. The molecule has 0 aliphatic carbocycles. The highest BCUT2D eigenvalue weighted by molar-refractivity contribution is 9.10. The van der Waals surface area contributed by atoms with E-state index >= 15 is 0 Å². The molecule has 1 amide bonds. The summed E-state index contributed by atoms with van der Waals surface area (Å²) < 4.78 is 25.9. The van der Waals surface area contributed by atoms with Crippen molar-refractivity contribution >= 4 is 33.2 Å². The molecule has 0 saturated carbocycles. The van der Waals surface area contributed by atoms with E-state index in [2.05, 4.69) is 21.2 Å². The number of nitrogens with one attached hydrogen (secondary N) is 1. The first-order valence-corrected chi connectivity index (χ1v) is 4.73. The molecule has 86 valence electrons. The van der Waals surface area contributed by atoms with Crippen molar-refractivity contribution in [2.75, 3.05) is 5.32 Å². The molecular formula is C8H5BrF2N2O3. The molecule has 16 heavy (non-hydrogen) atoms. The largest absolute Gasteiger partial charge is 0.332 e. The number of hydrogen-bond donors (Lipinski definition) is 1. The Morgan fingerprint density at radius 3 is 2.56 bits per heavy atom. The molecule has 0 spiro atoms. The first-order valence-electron chi connectivity index (χ1n) is 3.94. The fourth-order valence-corrected chi connectivity index (χ4v) is 1.54. The highest BCUT2D eigenvalue weighted by Crippen LogP contribution is 2.36. The maximum Gasteiger partial charge on any atom is 0.332 e. The zero-order chi connectivity index (χ0) is 12.5. The van der Waals surface area contributed by atoms with Crippen LogP contribution in [0.3, 0.4) is 0 Å². The van der Waals surface area contributed by atoms with Crippen LogP contribution in [0.2, 0.25) is 0 Å². The van der Waals surface area contributed by atoms with Gasteiger partial charge in [-0.15, -0.1) is 0 Å². The SMILES string of the molecule is CC(=O)Nc1c(Br)cc(F)c(F)c1[N+](=O)[O-]. The molecule has 1 rings (SSSR count). The van der Waals surface area contributed by atoms with E-state index in [0.29, 0.717) is 6.07 Å². The normalized spacial score (nSPS) is 10.0. The van der Waals surface area contributed by atoms with Crippen LogP contribution in [-0.2, 0) is 4.79 Å². The second-order valence-electron chi connectivity index (χ2n) is 2.82. The number of amides is 1. The van der Waals surface area contributed by atoms with Gasteiger partial charge >= 0.3 is 5.69 Å². The van der Waals surface area contributed by atoms with Gasteiger partial charge in [-0.25, -0.2) is 4.39 Å². The molecule has 0 aliphatic heterocycles. The quantitative estimate of drug-likeness (QED) is 0.518. The van der Waals surface area contributed by atoms with E-state index < -0.39 is 33.8 Å². The van der Waals surface area contributed by atoms with E-state index in [1.54, 1.807) is 0 Å². The van der Waals surface area contributed by atoms with Crippen molar-refractivity contribution in [1.82, 2.24) is 0 Å². The molecule has 0 atom stereocenters. The summed E-state index contributed by atoms with van der Waals surface area (Å²) in [6, 6.07) is 0.702. The summed E-state index contributed by atoms with van der Waals surface area (Å²) in [5.74, 6) is -3.61. The fraction of sp³-hybridized carbons (Fsp3) is 0.125. The number of carbonyl (C=O) groups excluding carboxylic acids is 1. The van der Waals surface area contributed by atoms with Crippen molar-refractivity contribution < 1.29 is 18.5 Å². The van der Waals surface area contributed by atoms with Crippen LogP contribution in [-0.4, -0.2) is 10.8 Å². The van der Waals surface area contributed by atoms with Gasteiger partial charge in [0.05, 0.1) is 9.40 Å². The van der Waals surface area contributed by atoms with Crippen molar-refractivity contribution in [3.05, 3.63) is 32.3 Å². The van der Waals surface area contributed by atoms with Crippen molar-refractivity contribution in [2.45, 2.75) is 6.92 Å². The molecule has 0 aromatic heterocycles. The van der Waals surface area contributed by atoms with Gasteiger partial charge in [0, 0.05) is 6.92 Å². The molecule has 1 N–H and O–H groups in total. The van der Waals surface area contributed by atoms with E-state index in [-0.39, 0.29) is 4.47 Å². The fourth-order valence-electron chi connectivity index (χ4n) is 1.05. The Morgan fingerprint density at radius 1 is 1.56 bits per heavy atom. The van der Waals surface area contributed by atoms with Crippen molar-refractivity contribution in [3.63, 3.8) is 0 Å². The Kier molecular flexibility index (Phi) is 3.53. The topological polar surface area (TPSA) is 72.2 Å². The van der Waals surface area contributed by atoms with Crippen LogP contribution in [0.25, 0.3) is 0 Å². The van der Waals surface area contributed by atoms with Gasteiger partial charge in [0.25, 0.3) is 0 Å². The van der Waals surface area contributed by atoms with Crippen LogP contribution >= 0.6 is 15.9 Å². The van der Waals surface area contributed by atoms with Gasteiger partial charge in [0.1, 0.15) is 5.69 Å². The maximum atomic E-state index is 13.2. The number of carbonyl (C=O) groups is 1. The summed E-state index contributed by atoms with van der Waals surface area (Å²) in [4.78, 5) is 20.2. The Hall–Kier alpha value is -1.57. The third-order valence-corrected chi connectivity index (χ3v) is 2.26. The van der Waals surface area contributed by atoms with Crippen LogP contribution in [0.15, 0.2) is 10.5 Å². The molecule has 0 unspecified atom stereocenters. The van der Waals surface area contributed by atoms with Gasteiger partial charge in [0.15, 0.2) is 5.82 Å². The molecule has 0 aliphatic rings. The number of nitro benzene ring substituents is 1. The van der Waals surface area contributed by atoms with Crippen LogP contribution < -0.4 is 5.32 Å². The van der Waals surface area contributed by atoms with E-state index in [4.69, 9.17) is 0 Å². The van der Waals surface area contributed by atoms with E-state index in [1.165, 1.54) is 0 Å². The number of halogens is 3. The van der Waals surface area contributed by atoms with E-state index in [0.717, 1.165) is 6.92 Å². The summed E-state index contributed by atoms with van der Waals surface area (Å²) in [7, 11) is 0. The monoisotopic (exact) mass is 294 g/mol. The lowest BCUT2D eigenvalue weighted by atomic mass is 10.2. The smallest absolute Gasteiger partial charge is 0.320 e. The average molecular weight is 295 g/mol. The lowest BCUT2D eigenvalue weighted by Crippen LogP contribution is -2.10. The van der Waals surface area contributed by atoms with Crippen molar-refractivity contribution in [2.24, 2.45) is 0 Å². The van der Waals surface area contributed by atoms with Crippen LogP contribution in [0.5, 0.6) is 0 Å². The Morgan fingerprint density at radius 2 is 2.12 bits per heavy atom. The molecular weight excluding hydrogens is 290 g/mol. The van der Waals surface area contributed by atoms with Gasteiger partial charge in [0.2, 0.25) is 11.7 Å². The maximum absolute atomic E-state index is 13.2. The van der Waals surface area contributed by atoms with Gasteiger partial charge < -0.3 is 5.32 Å². The second kappa shape index (κ2) is 4.52. The predicted molar refractivity (Wildman–Crippen MR) is 55.0 cm³/mol. The van der Waals surface area contributed by atoms with Crippen molar-refractivity contribution in [3.8, 4) is 0 Å². The minimum Gasteiger partial charge on any atom is -0.320 e. The lowest BCUT2D eigenvalue weighted by molar-refractivity contribution is -0.386. The molecule has 1 aromatic rings. The summed E-state index contributed by atoms with van der Waals surface area (Å²) in [6.07, 6.45) is 0. The zero-order valence-corrected chi connectivity index (χ0v) is 9.47. The van der Waals surface area contributed by atoms with Gasteiger partial charge in [-0.1, -0.05) is 0 Å². The summed E-state index contributed by atoms with van der Waals surface area (Å²) in [5, 5.41) is 12.6. The van der Waals surface area contributed by atoms with Gasteiger partial charge in [-0.3, -0.25) is 14.9 Å². The minimum absolute atomic E-state index is 0.103.